The van der Waals surface area contributed by atoms with E-state index in [0.29, 0.717) is 6.54 Å². The SMILES string of the molecule is CN(c1ccc2nc(CCN)cn2n1)c1ccc[nH]1. The summed E-state index contributed by atoms with van der Waals surface area (Å²) in [7, 11) is 1.97. The molecular weight excluding hydrogens is 240 g/mol. The monoisotopic (exact) mass is 256 g/mol. The number of hydrogen-bond acceptors (Lipinski definition) is 4. The minimum Gasteiger partial charge on any atom is -0.348 e. The zero-order valence-electron chi connectivity index (χ0n) is 10.7. The lowest BCUT2D eigenvalue weighted by atomic mass is 10.3. The zero-order chi connectivity index (χ0) is 13.2. The van der Waals surface area contributed by atoms with Crippen molar-refractivity contribution in [2.45, 2.75) is 6.42 Å². The summed E-state index contributed by atoms with van der Waals surface area (Å²) >= 11 is 0. The average molecular weight is 256 g/mol. The fourth-order valence-corrected chi connectivity index (χ4v) is 2.02. The summed E-state index contributed by atoms with van der Waals surface area (Å²) < 4.78 is 1.79. The Hall–Kier alpha value is -2.34. The lowest BCUT2D eigenvalue weighted by Crippen LogP contribution is -2.12. The Balaban J connectivity index is 1.96. The van der Waals surface area contributed by atoms with Gasteiger partial charge in [0, 0.05) is 19.7 Å². The maximum Gasteiger partial charge on any atom is 0.154 e. The molecule has 6 heteroatoms. The number of aromatic nitrogens is 4. The van der Waals surface area contributed by atoms with Crippen LogP contribution in [0.5, 0.6) is 0 Å². The number of anilines is 2. The molecule has 3 heterocycles. The van der Waals surface area contributed by atoms with E-state index in [1.165, 1.54) is 0 Å². The van der Waals surface area contributed by atoms with E-state index in [9.17, 15) is 0 Å². The molecule has 0 atom stereocenters. The van der Waals surface area contributed by atoms with Gasteiger partial charge in [-0.25, -0.2) is 9.50 Å². The first-order valence-electron chi connectivity index (χ1n) is 6.20. The molecule has 0 radical (unpaired) electrons. The Morgan fingerprint density at radius 1 is 1.37 bits per heavy atom. The van der Waals surface area contributed by atoms with Crippen molar-refractivity contribution in [3.05, 3.63) is 42.4 Å². The van der Waals surface area contributed by atoms with E-state index < -0.39 is 0 Å². The summed E-state index contributed by atoms with van der Waals surface area (Å²) in [6.07, 6.45) is 4.58. The van der Waals surface area contributed by atoms with Gasteiger partial charge in [0.25, 0.3) is 0 Å². The molecule has 0 saturated carbocycles. The van der Waals surface area contributed by atoms with Gasteiger partial charge in [-0.15, -0.1) is 5.10 Å². The molecule has 0 unspecified atom stereocenters. The van der Waals surface area contributed by atoms with E-state index in [2.05, 4.69) is 15.1 Å². The highest BCUT2D eigenvalue weighted by atomic mass is 15.3. The number of imidazole rings is 1. The molecule has 0 saturated heterocycles. The number of nitrogens with one attached hydrogen (secondary N) is 1. The molecule has 0 aromatic carbocycles. The first-order chi connectivity index (χ1) is 9.28. The van der Waals surface area contributed by atoms with Crippen LogP contribution in [0.15, 0.2) is 36.7 Å². The van der Waals surface area contributed by atoms with Gasteiger partial charge in [-0.3, -0.25) is 0 Å². The Labute approximate surface area is 110 Å². The number of nitrogens with zero attached hydrogens (tertiary/aromatic N) is 4. The lowest BCUT2D eigenvalue weighted by Gasteiger charge is -2.15. The van der Waals surface area contributed by atoms with Gasteiger partial charge >= 0.3 is 0 Å². The van der Waals surface area contributed by atoms with Crippen LogP contribution in [0.1, 0.15) is 5.69 Å². The predicted molar refractivity (Wildman–Crippen MR) is 74.6 cm³/mol. The molecule has 0 aliphatic heterocycles. The van der Waals surface area contributed by atoms with Crippen molar-refractivity contribution < 1.29 is 0 Å². The standard InChI is InChI=1S/C13H16N6/c1-18(11-3-2-8-15-11)13-5-4-12-16-10(6-7-14)9-19(12)17-13/h2-5,8-9,15H,6-7,14H2,1H3. The quantitative estimate of drug-likeness (QED) is 0.738. The number of nitrogens with two attached hydrogens (primary N) is 1. The van der Waals surface area contributed by atoms with Crippen LogP contribution >= 0.6 is 0 Å². The van der Waals surface area contributed by atoms with Crippen molar-refractivity contribution in [2.75, 3.05) is 18.5 Å². The number of aromatic amines is 1. The Morgan fingerprint density at radius 2 is 2.26 bits per heavy atom. The van der Waals surface area contributed by atoms with Crippen LogP contribution in [-0.4, -0.2) is 33.2 Å². The van der Waals surface area contributed by atoms with Gasteiger partial charge in [0.05, 0.1) is 11.9 Å². The fourth-order valence-electron chi connectivity index (χ4n) is 2.02. The molecule has 19 heavy (non-hydrogen) atoms. The minimum absolute atomic E-state index is 0.596. The average Bonchev–Trinajstić information content (AvgIpc) is 3.06. The van der Waals surface area contributed by atoms with Gasteiger partial charge in [0.2, 0.25) is 0 Å². The molecule has 6 nitrogen and oxygen atoms in total. The molecule has 3 aromatic rings. The highest BCUT2D eigenvalue weighted by Gasteiger charge is 2.08. The first-order valence-corrected chi connectivity index (χ1v) is 6.20. The van der Waals surface area contributed by atoms with Gasteiger partial charge in [-0.1, -0.05) is 0 Å². The van der Waals surface area contributed by atoms with E-state index in [1.807, 2.05) is 48.6 Å². The second-order valence-corrected chi connectivity index (χ2v) is 4.38. The molecule has 0 spiro atoms. The Kier molecular flexibility index (Phi) is 2.92. The van der Waals surface area contributed by atoms with Crippen LogP contribution in [0.4, 0.5) is 11.6 Å². The van der Waals surface area contributed by atoms with E-state index in [4.69, 9.17) is 5.73 Å². The van der Waals surface area contributed by atoms with Crippen molar-refractivity contribution in [1.29, 1.82) is 0 Å². The van der Waals surface area contributed by atoms with Crippen molar-refractivity contribution in [2.24, 2.45) is 5.73 Å². The molecule has 3 N–H and O–H groups in total. The van der Waals surface area contributed by atoms with Crippen LogP contribution in [0, 0.1) is 0 Å². The summed E-state index contributed by atoms with van der Waals surface area (Å²) in [6.45, 7) is 0.596. The van der Waals surface area contributed by atoms with Crippen molar-refractivity contribution in [1.82, 2.24) is 19.6 Å². The van der Waals surface area contributed by atoms with E-state index in [0.717, 1.165) is 29.4 Å². The molecule has 0 aliphatic carbocycles. The lowest BCUT2D eigenvalue weighted by molar-refractivity contribution is 0.899. The van der Waals surface area contributed by atoms with Gasteiger partial charge in [0.1, 0.15) is 5.82 Å². The van der Waals surface area contributed by atoms with Crippen LogP contribution in [0.3, 0.4) is 0 Å². The van der Waals surface area contributed by atoms with Crippen LogP contribution < -0.4 is 10.6 Å². The molecule has 0 bridgehead atoms. The number of hydrogen-bond donors (Lipinski definition) is 2. The highest BCUT2D eigenvalue weighted by molar-refractivity contribution is 5.56. The molecule has 3 rings (SSSR count). The molecule has 0 fully saturated rings. The van der Waals surface area contributed by atoms with Crippen LogP contribution in [0.2, 0.25) is 0 Å². The molecule has 3 aromatic heterocycles. The molecule has 0 amide bonds. The summed E-state index contributed by atoms with van der Waals surface area (Å²) in [4.78, 5) is 9.60. The summed E-state index contributed by atoms with van der Waals surface area (Å²) in [6, 6.07) is 7.87. The van der Waals surface area contributed by atoms with Crippen molar-refractivity contribution in [3.63, 3.8) is 0 Å². The minimum atomic E-state index is 0.596. The molecule has 98 valence electrons. The van der Waals surface area contributed by atoms with Gasteiger partial charge in [-0.05, 0) is 30.8 Å². The predicted octanol–water partition coefficient (Wildman–Crippen LogP) is 1.33. The largest absolute Gasteiger partial charge is 0.348 e. The van der Waals surface area contributed by atoms with E-state index in [1.54, 1.807) is 4.52 Å². The maximum absolute atomic E-state index is 5.54. The van der Waals surface area contributed by atoms with E-state index in [-0.39, 0.29) is 0 Å². The summed E-state index contributed by atoms with van der Waals surface area (Å²) in [5.41, 5.74) is 7.35. The van der Waals surface area contributed by atoms with Crippen molar-refractivity contribution >= 4 is 17.3 Å². The van der Waals surface area contributed by atoms with Gasteiger partial charge in [0.15, 0.2) is 11.5 Å². The highest BCUT2D eigenvalue weighted by Crippen LogP contribution is 2.19. The smallest absolute Gasteiger partial charge is 0.154 e. The van der Waals surface area contributed by atoms with Crippen LogP contribution in [0.25, 0.3) is 5.65 Å². The summed E-state index contributed by atoms with van der Waals surface area (Å²) in [5, 5.41) is 4.55. The number of H-pyrrole nitrogens is 1. The Bertz CT molecular complexity index is 670. The fraction of sp³-hybridized carbons (Fsp3) is 0.231. The Morgan fingerprint density at radius 3 is 3.00 bits per heavy atom. The van der Waals surface area contributed by atoms with E-state index >= 15 is 0 Å². The third kappa shape index (κ3) is 2.17. The third-order valence-corrected chi connectivity index (χ3v) is 3.04. The second kappa shape index (κ2) is 4.74. The first kappa shape index (κ1) is 11.7. The van der Waals surface area contributed by atoms with Crippen molar-refractivity contribution in [3.8, 4) is 0 Å². The topological polar surface area (TPSA) is 75.2 Å². The zero-order valence-corrected chi connectivity index (χ0v) is 10.7. The maximum atomic E-state index is 5.54. The third-order valence-electron chi connectivity index (χ3n) is 3.04. The number of fused-ring (bicyclic) bond motifs is 1. The normalized spacial score (nSPS) is 11.1. The number of rotatable bonds is 4. The second-order valence-electron chi connectivity index (χ2n) is 4.38. The summed E-state index contributed by atoms with van der Waals surface area (Å²) in [5.74, 6) is 1.85. The molecule has 0 aliphatic rings. The molecular formula is C13H16N6. The van der Waals surface area contributed by atoms with Gasteiger partial charge in [-0.2, -0.15) is 0 Å². The van der Waals surface area contributed by atoms with Crippen LogP contribution in [-0.2, 0) is 6.42 Å². The van der Waals surface area contributed by atoms with Gasteiger partial charge < -0.3 is 15.6 Å².